The Kier molecular flexibility index (Phi) is 5.84. The molecule has 1 rings (SSSR count). The summed E-state index contributed by atoms with van der Waals surface area (Å²) in [5.74, 6) is -2.60. The molecule has 1 aromatic carbocycles. The number of carbonyl (C=O) groups excluding carboxylic acids is 1. The number of carbonyl (C=O) groups is 2. The Balaban J connectivity index is 3.74. The van der Waals surface area contributed by atoms with Gasteiger partial charge in [0.15, 0.2) is 0 Å². The zero-order valence-corrected chi connectivity index (χ0v) is 12.8. The molecule has 7 heteroatoms. The van der Waals surface area contributed by atoms with Gasteiger partial charge >= 0.3 is 11.9 Å². The largest absolute Gasteiger partial charge is 0.496 e. The van der Waals surface area contributed by atoms with Crippen molar-refractivity contribution in [2.75, 3.05) is 13.7 Å². The summed E-state index contributed by atoms with van der Waals surface area (Å²) in [5.41, 5.74) is -1.31. The van der Waals surface area contributed by atoms with Crippen molar-refractivity contribution >= 4 is 11.9 Å². The topological polar surface area (TPSA) is 72.8 Å². The number of hydrogen-bond acceptors (Lipinski definition) is 4. The second-order valence-corrected chi connectivity index (χ2v) is 4.69. The van der Waals surface area contributed by atoms with Crippen LogP contribution in [0.1, 0.15) is 57.2 Å². The molecule has 0 aliphatic rings. The van der Waals surface area contributed by atoms with E-state index in [2.05, 4.69) is 0 Å². The summed E-state index contributed by atoms with van der Waals surface area (Å²) in [4.78, 5) is 23.5. The Morgan fingerprint density at radius 2 is 1.77 bits per heavy atom. The second kappa shape index (κ2) is 7.20. The molecule has 1 aromatic rings. The van der Waals surface area contributed by atoms with Crippen LogP contribution in [0.3, 0.4) is 0 Å². The molecule has 122 valence electrons. The summed E-state index contributed by atoms with van der Waals surface area (Å²) in [7, 11) is 1.15. The van der Waals surface area contributed by atoms with Crippen LogP contribution in [0.5, 0.6) is 5.75 Å². The quantitative estimate of drug-likeness (QED) is 0.813. The van der Waals surface area contributed by atoms with Crippen molar-refractivity contribution in [1.82, 2.24) is 0 Å². The van der Waals surface area contributed by atoms with Crippen molar-refractivity contribution < 1.29 is 33.0 Å². The summed E-state index contributed by atoms with van der Waals surface area (Å²) in [6, 6.07) is 0. The fourth-order valence-electron chi connectivity index (χ4n) is 2.36. The Hall–Kier alpha value is -2.18. The lowest BCUT2D eigenvalue weighted by Gasteiger charge is -2.20. The second-order valence-electron chi connectivity index (χ2n) is 4.69. The average molecular weight is 316 g/mol. The highest BCUT2D eigenvalue weighted by atomic mass is 19.3. The molecule has 0 saturated heterocycles. The van der Waals surface area contributed by atoms with Crippen LogP contribution in [0, 0.1) is 13.8 Å². The molecule has 0 fully saturated rings. The first-order valence-electron chi connectivity index (χ1n) is 6.67. The molecule has 0 atom stereocenters. The molecule has 0 aliphatic heterocycles. The molecule has 22 heavy (non-hydrogen) atoms. The van der Waals surface area contributed by atoms with Gasteiger partial charge in [0.25, 0.3) is 6.43 Å². The predicted octanol–water partition coefficient (Wildman–Crippen LogP) is 3.51. The number of rotatable bonds is 6. The fourth-order valence-corrected chi connectivity index (χ4v) is 2.36. The summed E-state index contributed by atoms with van der Waals surface area (Å²) in [6.07, 6.45) is -2.48. The van der Waals surface area contributed by atoms with Gasteiger partial charge in [-0.15, -0.1) is 0 Å². The Bertz CT molecular complexity index is 596. The first kappa shape index (κ1) is 17.9. The number of alkyl halides is 2. The maximum Gasteiger partial charge on any atom is 0.339 e. The highest BCUT2D eigenvalue weighted by Gasteiger charge is 2.32. The number of methoxy groups -OCH3 is 1. The molecule has 5 nitrogen and oxygen atoms in total. The number of halogens is 2. The van der Waals surface area contributed by atoms with E-state index in [0.717, 1.165) is 7.11 Å². The van der Waals surface area contributed by atoms with Gasteiger partial charge in [-0.3, -0.25) is 0 Å². The SMILES string of the molecule is CCCOC(=O)c1c(C)c(C(=O)O)c(C)c(OC)c1C(F)F. The van der Waals surface area contributed by atoms with Gasteiger partial charge in [-0.05, 0) is 25.8 Å². The van der Waals surface area contributed by atoms with Crippen LogP contribution in [-0.2, 0) is 4.74 Å². The molecule has 0 aliphatic carbocycles. The smallest absolute Gasteiger partial charge is 0.339 e. The number of carboxylic acids is 1. The molecule has 0 bridgehead atoms. The predicted molar refractivity (Wildman–Crippen MR) is 75.0 cm³/mol. The minimum atomic E-state index is -3.00. The standard InChI is InChI=1S/C15H18F2O5/c1-5-6-22-15(20)10-7(2)9(14(18)19)8(3)12(21-4)11(10)13(16)17/h13H,5-6H2,1-4H3,(H,18,19). The van der Waals surface area contributed by atoms with E-state index in [4.69, 9.17) is 9.47 Å². The molecular weight excluding hydrogens is 298 g/mol. The van der Waals surface area contributed by atoms with Gasteiger partial charge in [0.2, 0.25) is 0 Å². The van der Waals surface area contributed by atoms with Crippen molar-refractivity contribution in [1.29, 1.82) is 0 Å². The number of aromatic carboxylic acids is 1. The maximum absolute atomic E-state index is 13.4. The zero-order valence-electron chi connectivity index (χ0n) is 12.8. The lowest BCUT2D eigenvalue weighted by molar-refractivity contribution is 0.0492. The first-order chi connectivity index (χ1) is 10.3. The molecule has 0 heterocycles. The van der Waals surface area contributed by atoms with Gasteiger partial charge in [-0.2, -0.15) is 0 Å². The third-order valence-electron chi connectivity index (χ3n) is 3.26. The lowest BCUT2D eigenvalue weighted by Crippen LogP contribution is -2.17. The fraction of sp³-hybridized carbons (Fsp3) is 0.467. The van der Waals surface area contributed by atoms with Gasteiger partial charge in [0, 0.05) is 5.56 Å². The Labute approximate surface area is 126 Å². The van der Waals surface area contributed by atoms with Crippen LogP contribution in [0.25, 0.3) is 0 Å². The van der Waals surface area contributed by atoms with Crippen molar-refractivity contribution in [3.05, 3.63) is 27.8 Å². The molecule has 0 saturated carbocycles. The van der Waals surface area contributed by atoms with Crippen molar-refractivity contribution in [2.45, 2.75) is 33.6 Å². The van der Waals surface area contributed by atoms with E-state index < -0.39 is 29.5 Å². The van der Waals surface area contributed by atoms with Crippen molar-refractivity contribution in [2.24, 2.45) is 0 Å². The van der Waals surface area contributed by atoms with Crippen LogP contribution in [0.2, 0.25) is 0 Å². The van der Waals surface area contributed by atoms with Crippen LogP contribution in [0.4, 0.5) is 8.78 Å². The number of benzene rings is 1. The summed E-state index contributed by atoms with van der Waals surface area (Å²) >= 11 is 0. The lowest BCUT2D eigenvalue weighted by atomic mass is 9.91. The summed E-state index contributed by atoms with van der Waals surface area (Å²) < 4.78 is 36.7. The molecule has 1 N–H and O–H groups in total. The Morgan fingerprint density at radius 1 is 1.18 bits per heavy atom. The molecule has 0 radical (unpaired) electrons. The van der Waals surface area contributed by atoms with Gasteiger partial charge < -0.3 is 14.6 Å². The van der Waals surface area contributed by atoms with E-state index in [1.807, 2.05) is 0 Å². The zero-order chi connectivity index (χ0) is 17.0. The summed E-state index contributed by atoms with van der Waals surface area (Å²) in [5, 5.41) is 9.28. The van der Waals surface area contributed by atoms with Crippen molar-refractivity contribution in [3.8, 4) is 5.75 Å². The third-order valence-corrected chi connectivity index (χ3v) is 3.26. The maximum atomic E-state index is 13.4. The minimum Gasteiger partial charge on any atom is -0.496 e. The van der Waals surface area contributed by atoms with E-state index >= 15 is 0 Å². The molecular formula is C15H18F2O5. The van der Waals surface area contributed by atoms with Gasteiger partial charge in [0.1, 0.15) is 5.75 Å². The van der Waals surface area contributed by atoms with Crippen LogP contribution >= 0.6 is 0 Å². The third kappa shape index (κ3) is 3.18. The molecule has 0 amide bonds. The number of hydrogen-bond donors (Lipinski definition) is 1. The minimum absolute atomic E-state index is 0.0508. The van der Waals surface area contributed by atoms with Crippen LogP contribution in [0.15, 0.2) is 0 Å². The molecule has 0 unspecified atom stereocenters. The van der Waals surface area contributed by atoms with Crippen molar-refractivity contribution in [3.63, 3.8) is 0 Å². The number of ether oxygens (including phenoxy) is 2. The van der Waals surface area contributed by atoms with E-state index in [-0.39, 0.29) is 29.0 Å². The highest BCUT2D eigenvalue weighted by Crippen LogP contribution is 2.39. The first-order valence-corrected chi connectivity index (χ1v) is 6.67. The van der Waals surface area contributed by atoms with E-state index in [9.17, 15) is 23.5 Å². The van der Waals surface area contributed by atoms with Gasteiger partial charge in [-0.25, -0.2) is 18.4 Å². The average Bonchev–Trinajstić information content (AvgIpc) is 2.43. The summed E-state index contributed by atoms with van der Waals surface area (Å²) in [6.45, 7) is 4.48. The van der Waals surface area contributed by atoms with Gasteiger partial charge in [-0.1, -0.05) is 6.92 Å². The number of carboxylic acid groups (broad SMARTS) is 1. The van der Waals surface area contributed by atoms with E-state index in [1.165, 1.54) is 13.8 Å². The monoisotopic (exact) mass is 316 g/mol. The normalized spacial score (nSPS) is 10.7. The van der Waals surface area contributed by atoms with E-state index in [0.29, 0.717) is 6.42 Å². The van der Waals surface area contributed by atoms with Gasteiger partial charge in [0.05, 0.1) is 30.4 Å². The van der Waals surface area contributed by atoms with Crippen LogP contribution in [-0.4, -0.2) is 30.8 Å². The highest BCUT2D eigenvalue weighted by molar-refractivity contribution is 6.00. The molecule has 0 aromatic heterocycles. The van der Waals surface area contributed by atoms with E-state index in [1.54, 1.807) is 6.92 Å². The molecule has 0 spiro atoms. The number of esters is 1. The Morgan fingerprint density at radius 3 is 2.18 bits per heavy atom. The van der Waals surface area contributed by atoms with Crippen LogP contribution < -0.4 is 4.74 Å².